The van der Waals surface area contributed by atoms with Crippen LogP contribution in [0.1, 0.15) is 33.1 Å². The lowest BCUT2D eigenvalue weighted by molar-refractivity contribution is -0.139. The molecule has 1 aromatic carbocycles. The maximum Gasteiger partial charge on any atom is 0.413 e. The number of hydrogen-bond acceptors (Lipinski definition) is 5. The molecule has 1 rings (SSSR count). The first kappa shape index (κ1) is 20.8. The van der Waals surface area contributed by atoms with Crippen LogP contribution in [0, 0.1) is 0 Å². The minimum atomic E-state index is -1.07. The topological polar surface area (TPSA) is 88.1 Å². The zero-order valence-corrected chi connectivity index (χ0v) is 15.2. The number of rotatable bonds is 11. The van der Waals surface area contributed by atoms with Crippen LogP contribution in [0.15, 0.2) is 24.3 Å². The second-order valence-corrected chi connectivity index (χ2v) is 5.69. The van der Waals surface area contributed by atoms with Crippen LogP contribution in [-0.2, 0) is 9.53 Å². The Morgan fingerprint density at radius 3 is 2.36 bits per heavy atom. The molecule has 140 valence electrons. The third kappa shape index (κ3) is 7.43. The van der Waals surface area contributed by atoms with Gasteiger partial charge >= 0.3 is 12.1 Å². The molecule has 25 heavy (non-hydrogen) atoms. The third-order valence-corrected chi connectivity index (χ3v) is 3.64. The SMILES string of the molecule is CCCC(NC(=O)Oc1ccc(N(CCC)CCOC)cc1)C(=O)O. The first-order valence-corrected chi connectivity index (χ1v) is 8.56. The van der Waals surface area contributed by atoms with E-state index in [0.717, 1.165) is 25.2 Å². The van der Waals surface area contributed by atoms with E-state index in [1.807, 2.05) is 19.1 Å². The lowest BCUT2D eigenvalue weighted by atomic mass is 10.2. The molecule has 0 aliphatic carbocycles. The standard InChI is InChI=1S/C18H28N2O5/c1-4-6-16(17(21)22)19-18(23)25-15-9-7-14(8-10-15)20(11-5-2)12-13-24-3/h7-10,16H,4-6,11-13H2,1-3H3,(H,19,23)(H,21,22). The maximum atomic E-state index is 11.8. The van der Waals surface area contributed by atoms with Gasteiger partial charge in [-0.15, -0.1) is 0 Å². The van der Waals surface area contributed by atoms with Crippen molar-refractivity contribution in [1.29, 1.82) is 0 Å². The maximum absolute atomic E-state index is 11.8. The van der Waals surface area contributed by atoms with Crippen LogP contribution in [-0.4, -0.2) is 50.0 Å². The monoisotopic (exact) mass is 352 g/mol. The predicted molar refractivity (Wildman–Crippen MR) is 96.3 cm³/mol. The molecule has 0 aromatic heterocycles. The van der Waals surface area contributed by atoms with Gasteiger partial charge in [-0.1, -0.05) is 20.3 Å². The average Bonchev–Trinajstić information content (AvgIpc) is 2.59. The van der Waals surface area contributed by atoms with Gasteiger partial charge in [-0.05, 0) is 37.1 Å². The highest BCUT2D eigenvalue weighted by Crippen LogP contribution is 2.20. The Balaban J connectivity index is 2.65. The molecule has 0 radical (unpaired) electrons. The van der Waals surface area contributed by atoms with Crippen molar-refractivity contribution in [2.24, 2.45) is 0 Å². The second kappa shape index (κ2) is 11.3. The number of methoxy groups -OCH3 is 1. The third-order valence-electron chi connectivity index (χ3n) is 3.64. The molecule has 7 nitrogen and oxygen atoms in total. The smallest absolute Gasteiger partial charge is 0.413 e. The molecule has 2 N–H and O–H groups in total. The summed E-state index contributed by atoms with van der Waals surface area (Å²) >= 11 is 0. The van der Waals surface area contributed by atoms with Crippen molar-refractivity contribution in [3.8, 4) is 5.75 Å². The van der Waals surface area contributed by atoms with E-state index in [-0.39, 0.29) is 0 Å². The van der Waals surface area contributed by atoms with Crippen LogP contribution in [0.2, 0.25) is 0 Å². The molecule has 1 aromatic rings. The van der Waals surface area contributed by atoms with Crippen molar-refractivity contribution in [2.45, 2.75) is 39.2 Å². The minimum Gasteiger partial charge on any atom is -0.480 e. The summed E-state index contributed by atoms with van der Waals surface area (Å²) in [5, 5.41) is 11.4. The van der Waals surface area contributed by atoms with E-state index >= 15 is 0 Å². The summed E-state index contributed by atoms with van der Waals surface area (Å²) in [6.07, 6.45) is 1.26. The Morgan fingerprint density at radius 2 is 1.84 bits per heavy atom. The van der Waals surface area contributed by atoms with E-state index in [4.69, 9.17) is 14.6 Å². The van der Waals surface area contributed by atoms with Crippen molar-refractivity contribution < 1.29 is 24.2 Å². The van der Waals surface area contributed by atoms with Crippen molar-refractivity contribution in [3.63, 3.8) is 0 Å². The highest BCUT2D eigenvalue weighted by Gasteiger charge is 2.19. The second-order valence-electron chi connectivity index (χ2n) is 5.69. The first-order valence-electron chi connectivity index (χ1n) is 8.56. The minimum absolute atomic E-state index is 0.356. The van der Waals surface area contributed by atoms with Crippen LogP contribution >= 0.6 is 0 Å². The van der Waals surface area contributed by atoms with Gasteiger partial charge in [0.05, 0.1) is 6.61 Å². The van der Waals surface area contributed by atoms with Crippen molar-refractivity contribution in [1.82, 2.24) is 5.32 Å². The number of aliphatic carboxylic acids is 1. The van der Waals surface area contributed by atoms with Crippen LogP contribution in [0.3, 0.4) is 0 Å². The number of anilines is 1. The molecule has 0 heterocycles. The number of ether oxygens (including phenoxy) is 2. The Labute approximate surface area is 148 Å². The number of carboxylic acid groups (broad SMARTS) is 1. The summed E-state index contributed by atoms with van der Waals surface area (Å²) in [5.41, 5.74) is 1.01. The fourth-order valence-electron chi connectivity index (χ4n) is 2.39. The summed E-state index contributed by atoms with van der Waals surface area (Å²) in [7, 11) is 1.67. The number of carboxylic acids is 1. The average molecular weight is 352 g/mol. The molecule has 0 fully saturated rings. The molecule has 0 saturated heterocycles. The molecule has 0 aliphatic rings. The van der Waals surface area contributed by atoms with Gasteiger partial charge in [0.15, 0.2) is 0 Å². The Morgan fingerprint density at radius 1 is 1.16 bits per heavy atom. The van der Waals surface area contributed by atoms with E-state index < -0.39 is 18.1 Å². The van der Waals surface area contributed by atoms with Crippen LogP contribution in [0.25, 0.3) is 0 Å². The van der Waals surface area contributed by atoms with E-state index in [0.29, 0.717) is 25.2 Å². The van der Waals surface area contributed by atoms with Gasteiger partial charge in [-0.2, -0.15) is 0 Å². The van der Waals surface area contributed by atoms with Crippen molar-refractivity contribution in [3.05, 3.63) is 24.3 Å². The van der Waals surface area contributed by atoms with Crippen molar-refractivity contribution >= 4 is 17.7 Å². The Hall–Kier alpha value is -2.28. The molecule has 0 spiro atoms. The summed E-state index contributed by atoms with van der Waals surface area (Å²) in [5.74, 6) is -0.701. The van der Waals surface area contributed by atoms with Gasteiger partial charge in [0.25, 0.3) is 0 Å². The van der Waals surface area contributed by atoms with Gasteiger partial charge in [0.1, 0.15) is 11.8 Å². The number of benzene rings is 1. The molecule has 0 aliphatic heterocycles. The zero-order chi connectivity index (χ0) is 18.7. The van der Waals surface area contributed by atoms with Crippen LogP contribution in [0.5, 0.6) is 5.75 Å². The van der Waals surface area contributed by atoms with Gasteiger partial charge in [-0.3, -0.25) is 0 Å². The zero-order valence-electron chi connectivity index (χ0n) is 15.2. The number of hydrogen-bond donors (Lipinski definition) is 2. The fourth-order valence-corrected chi connectivity index (χ4v) is 2.39. The molecule has 1 unspecified atom stereocenters. The fraction of sp³-hybridized carbons (Fsp3) is 0.556. The van der Waals surface area contributed by atoms with E-state index in [1.165, 1.54) is 0 Å². The summed E-state index contributed by atoms with van der Waals surface area (Å²) in [4.78, 5) is 25.1. The molecule has 1 amide bonds. The summed E-state index contributed by atoms with van der Waals surface area (Å²) in [6.45, 7) is 6.28. The largest absolute Gasteiger partial charge is 0.480 e. The lowest BCUT2D eigenvalue weighted by Crippen LogP contribution is -2.42. The van der Waals surface area contributed by atoms with Gasteiger partial charge in [0.2, 0.25) is 0 Å². The van der Waals surface area contributed by atoms with Crippen molar-refractivity contribution in [2.75, 3.05) is 31.7 Å². The number of carbonyl (C=O) groups excluding carboxylic acids is 1. The van der Waals surface area contributed by atoms with Gasteiger partial charge in [-0.25, -0.2) is 9.59 Å². The summed E-state index contributed by atoms with van der Waals surface area (Å²) < 4.78 is 10.3. The van der Waals surface area contributed by atoms with E-state index in [2.05, 4.69) is 17.1 Å². The predicted octanol–water partition coefficient (Wildman–Crippen LogP) is 2.89. The molecule has 0 saturated carbocycles. The molecule has 1 atom stereocenters. The summed E-state index contributed by atoms with van der Waals surface area (Å²) in [6, 6.07) is 6.19. The van der Waals surface area contributed by atoms with Gasteiger partial charge in [0, 0.05) is 25.9 Å². The lowest BCUT2D eigenvalue weighted by Gasteiger charge is -2.24. The van der Waals surface area contributed by atoms with E-state index in [1.54, 1.807) is 19.2 Å². The van der Waals surface area contributed by atoms with E-state index in [9.17, 15) is 9.59 Å². The number of nitrogens with zero attached hydrogens (tertiary/aromatic N) is 1. The van der Waals surface area contributed by atoms with Crippen LogP contribution in [0.4, 0.5) is 10.5 Å². The number of nitrogens with one attached hydrogen (secondary N) is 1. The highest BCUT2D eigenvalue weighted by molar-refractivity contribution is 5.80. The first-order chi connectivity index (χ1) is 12.0. The Bertz CT molecular complexity index is 533. The highest BCUT2D eigenvalue weighted by atomic mass is 16.6. The molecular weight excluding hydrogens is 324 g/mol. The van der Waals surface area contributed by atoms with Crippen LogP contribution < -0.4 is 15.0 Å². The van der Waals surface area contributed by atoms with Gasteiger partial charge < -0.3 is 24.8 Å². The quantitative estimate of drug-likeness (QED) is 0.637. The molecule has 0 bridgehead atoms. The number of amides is 1. The molecule has 7 heteroatoms. The molecular formula is C18H28N2O5. The normalized spacial score (nSPS) is 11.6. The number of carbonyl (C=O) groups is 2. The Kier molecular flexibility index (Phi) is 9.39.